The van der Waals surface area contributed by atoms with Crippen LogP contribution in [0.5, 0.6) is 5.75 Å². The highest BCUT2D eigenvalue weighted by atomic mass is 19.1. The molecule has 0 amide bonds. The summed E-state index contributed by atoms with van der Waals surface area (Å²) in [7, 11) is 1.81. The first-order valence-corrected chi connectivity index (χ1v) is 9.92. The Hall–Kier alpha value is -4.00. The number of anilines is 1. The minimum absolute atomic E-state index is 0.321. The highest BCUT2D eigenvalue weighted by Crippen LogP contribution is 2.38. The molecule has 3 aromatic heterocycles. The predicted molar refractivity (Wildman–Crippen MR) is 119 cm³/mol. The van der Waals surface area contributed by atoms with E-state index in [1.807, 2.05) is 38.2 Å². The van der Waals surface area contributed by atoms with Crippen molar-refractivity contribution in [2.45, 2.75) is 6.92 Å². The Kier molecular flexibility index (Phi) is 4.71. The molecule has 0 aliphatic carbocycles. The van der Waals surface area contributed by atoms with Crippen LogP contribution in [0.3, 0.4) is 0 Å². The highest BCUT2D eigenvalue weighted by Gasteiger charge is 2.18. The molecule has 0 fully saturated rings. The van der Waals surface area contributed by atoms with Gasteiger partial charge in [-0.1, -0.05) is 0 Å². The molecule has 0 spiro atoms. The summed E-state index contributed by atoms with van der Waals surface area (Å²) in [6, 6.07) is 12.4. The molecule has 0 aliphatic rings. The molecule has 2 aromatic carbocycles. The average molecular weight is 414 g/mol. The lowest BCUT2D eigenvalue weighted by molar-refractivity contribution is 0.344. The SMILES string of the molecule is CCOc1cc(-c2ccc(F)c3ccoc23)cc2c(NC)nc(-c3cccnc3)nc12. The minimum atomic E-state index is -0.321. The van der Waals surface area contributed by atoms with Crippen molar-refractivity contribution in [2.24, 2.45) is 0 Å². The van der Waals surface area contributed by atoms with Gasteiger partial charge < -0.3 is 14.5 Å². The number of nitrogens with one attached hydrogen (secondary N) is 1. The van der Waals surface area contributed by atoms with E-state index < -0.39 is 0 Å². The van der Waals surface area contributed by atoms with Gasteiger partial charge in [-0.3, -0.25) is 4.98 Å². The molecule has 5 rings (SSSR count). The van der Waals surface area contributed by atoms with E-state index in [1.54, 1.807) is 24.5 Å². The molecule has 0 saturated heterocycles. The van der Waals surface area contributed by atoms with Crippen LogP contribution in [-0.4, -0.2) is 28.6 Å². The smallest absolute Gasteiger partial charge is 0.163 e. The summed E-state index contributed by atoms with van der Waals surface area (Å²) in [4.78, 5) is 13.6. The number of halogens is 1. The molecule has 0 saturated carbocycles. The minimum Gasteiger partial charge on any atom is -0.492 e. The lowest BCUT2D eigenvalue weighted by Crippen LogP contribution is -2.02. The molecule has 0 atom stereocenters. The van der Waals surface area contributed by atoms with Crippen LogP contribution < -0.4 is 10.1 Å². The van der Waals surface area contributed by atoms with Gasteiger partial charge >= 0.3 is 0 Å². The Bertz CT molecular complexity index is 1400. The maximum absolute atomic E-state index is 14.2. The Labute approximate surface area is 177 Å². The van der Waals surface area contributed by atoms with E-state index in [1.165, 1.54) is 12.3 Å². The van der Waals surface area contributed by atoms with E-state index in [4.69, 9.17) is 19.1 Å². The number of hydrogen-bond acceptors (Lipinski definition) is 6. The standard InChI is InChI=1S/C24H19FN4O2/c1-3-30-20-12-15(16-6-7-19(25)17-8-10-31-22(16)17)11-18-21(20)28-23(29-24(18)26-2)14-5-4-9-27-13-14/h4-13H,3H2,1-2H3,(H,26,28,29). The zero-order valence-corrected chi connectivity index (χ0v) is 17.0. The van der Waals surface area contributed by atoms with Crippen LogP contribution in [0.4, 0.5) is 10.2 Å². The summed E-state index contributed by atoms with van der Waals surface area (Å²) in [6.07, 6.45) is 4.92. The highest BCUT2D eigenvalue weighted by molar-refractivity contribution is 6.01. The summed E-state index contributed by atoms with van der Waals surface area (Å²) < 4.78 is 25.7. The first-order chi connectivity index (χ1) is 15.2. The van der Waals surface area contributed by atoms with E-state index in [0.717, 1.165) is 22.1 Å². The van der Waals surface area contributed by atoms with Gasteiger partial charge in [0.1, 0.15) is 28.5 Å². The molecular weight excluding hydrogens is 395 g/mol. The van der Waals surface area contributed by atoms with Crippen LogP contribution in [0.2, 0.25) is 0 Å². The van der Waals surface area contributed by atoms with E-state index in [9.17, 15) is 4.39 Å². The molecule has 1 N–H and O–H groups in total. The fraction of sp³-hybridized carbons (Fsp3) is 0.125. The van der Waals surface area contributed by atoms with Crippen LogP contribution in [-0.2, 0) is 0 Å². The van der Waals surface area contributed by atoms with Gasteiger partial charge in [0, 0.05) is 36.0 Å². The van der Waals surface area contributed by atoms with Gasteiger partial charge in [-0.25, -0.2) is 14.4 Å². The molecule has 154 valence electrons. The van der Waals surface area contributed by atoms with Gasteiger partial charge in [0.2, 0.25) is 0 Å². The first-order valence-electron chi connectivity index (χ1n) is 9.92. The van der Waals surface area contributed by atoms with Crippen LogP contribution in [0, 0.1) is 5.82 Å². The third-order valence-electron chi connectivity index (χ3n) is 5.10. The van der Waals surface area contributed by atoms with Gasteiger partial charge in [0.15, 0.2) is 5.82 Å². The number of furan rings is 1. The number of fused-ring (bicyclic) bond motifs is 2. The molecule has 6 nitrogen and oxygen atoms in total. The Morgan fingerprint density at radius 3 is 2.74 bits per heavy atom. The molecule has 0 aliphatic heterocycles. The topological polar surface area (TPSA) is 73.1 Å². The van der Waals surface area contributed by atoms with Crippen molar-refractivity contribution in [2.75, 3.05) is 19.0 Å². The van der Waals surface area contributed by atoms with Gasteiger partial charge in [-0.05, 0) is 55.0 Å². The zero-order valence-electron chi connectivity index (χ0n) is 17.0. The number of benzene rings is 2. The lowest BCUT2D eigenvalue weighted by Gasteiger charge is -2.14. The van der Waals surface area contributed by atoms with Crippen molar-refractivity contribution in [3.63, 3.8) is 0 Å². The van der Waals surface area contributed by atoms with Gasteiger partial charge in [-0.2, -0.15) is 0 Å². The lowest BCUT2D eigenvalue weighted by atomic mass is 10.0. The number of ether oxygens (including phenoxy) is 1. The molecular formula is C24H19FN4O2. The zero-order chi connectivity index (χ0) is 21.4. The van der Waals surface area contributed by atoms with E-state index >= 15 is 0 Å². The predicted octanol–water partition coefficient (Wildman–Crippen LogP) is 5.68. The summed E-state index contributed by atoms with van der Waals surface area (Å²) in [5.41, 5.74) is 3.57. The fourth-order valence-corrected chi connectivity index (χ4v) is 3.69. The van der Waals surface area contributed by atoms with Crippen LogP contribution in [0.25, 0.3) is 44.4 Å². The van der Waals surface area contributed by atoms with Crippen molar-refractivity contribution < 1.29 is 13.5 Å². The molecule has 7 heteroatoms. The second-order valence-corrected chi connectivity index (χ2v) is 6.95. The second-order valence-electron chi connectivity index (χ2n) is 6.95. The summed E-state index contributed by atoms with van der Waals surface area (Å²) in [5, 5.41) is 4.39. The monoisotopic (exact) mass is 414 g/mol. The number of hydrogen-bond donors (Lipinski definition) is 1. The van der Waals surface area contributed by atoms with Crippen molar-refractivity contribution in [1.82, 2.24) is 15.0 Å². The average Bonchev–Trinajstić information content (AvgIpc) is 3.30. The maximum Gasteiger partial charge on any atom is 0.163 e. The van der Waals surface area contributed by atoms with E-state index in [-0.39, 0.29) is 5.82 Å². The second kappa shape index (κ2) is 7.68. The normalized spacial score (nSPS) is 11.2. The summed E-state index contributed by atoms with van der Waals surface area (Å²) in [6.45, 7) is 2.39. The number of pyridine rings is 1. The maximum atomic E-state index is 14.2. The summed E-state index contributed by atoms with van der Waals surface area (Å²) >= 11 is 0. The Morgan fingerprint density at radius 2 is 1.97 bits per heavy atom. The van der Waals surface area contributed by atoms with E-state index in [2.05, 4.69) is 10.3 Å². The Morgan fingerprint density at radius 1 is 1.06 bits per heavy atom. The fourth-order valence-electron chi connectivity index (χ4n) is 3.69. The third-order valence-corrected chi connectivity index (χ3v) is 5.10. The Balaban J connectivity index is 1.79. The van der Waals surface area contributed by atoms with Gasteiger partial charge in [-0.15, -0.1) is 0 Å². The largest absolute Gasteiger partial charge is 0.492 e. The van der Waals surface area contributed by atoms with Crippen LogP contribution in [0.1, 0.15) is 6.92 Å². The van der Waals surface area contributed by atoms with Crippen LogP contribution in [0.15, 0.2) is 65.5 Å². The van der Waals surface area contributed by atoms with Crippen molar-refractivity contribution in [1.29, 1.82) is 0 Å². The van der Waals surface area contributed by atoms with Crippen molar-refractivity contribution >= 4 is 27.7 Å². The first kappa shape index (κ1) is 19.0. The van der Waals surface area contributed by atoms with Crippen molar-refractivity contribution in [3.05, 3.63) is 66.9 Å². The third kappa shape index (κ3) is 3.24. The number of aromatic nitrogens is 3. The molecule has 0 bridgehead atoms. The molecule has 0 unspecified atom stereocenters. The molecule has 0 radical (unpaired) electrons. The summed E-state index contributed by atoms with van der Waals surface area (Å²) in [5.74, 6) is 1.50. The van der Waals surface area contributed by atoms with Crippen molar-refractivity contribution in [3.8, 4) is 28.3 Å². The molecule has 3 heterocycles. The van der Waals surface area contributed by atoms with Gasteiger partial charge in [0.05, 0.1) is 18.3 Å². The van der Waals surface area contributed by atoms with E-state index in [0.29, 0.717) is 40.5 Å². The van der Waals surface area contributed by atoms with Crippen LogP contribution >= 0.6 is 0 Å². The van der Waals surface area contributed by atoms with Gasteiger partial charge in [0.25, 0.3) is 0 Å². The number of rotatable bonds is 5. The molecule has 31 heavy (non-hydrogen) atoms. The number of nitrogens with zero attached hydrogens (tertiary/aromatic N) is 3. The quantitative estimate of drug-likeness (QED) is 0.399. The molecule has 5 aromatic rings.